The fraction of sp³-hybridized carbons (Fsp3) is 0.0333. The van der Waals surface area contributed by atoms with Crippen LogP contribution in [0.1, 0.15) is 5.56 Å². The Labute approximate surface area is 217 Å². The van der Waals surface area contributed by atoms with Gasteiger partial charge in [0.15, 0.2) is 5.17 Å². The van der Waals surface area contributed by atoms with E-state index in [4.69, 9.17) is 0 Å². The molecule has 0 atom stereocenters. The molecular weight excluding hydrogens is 480 g/mol. The molecule has 37 heavy (non-hydrogen) atoms. The zero-order chi connectivity index (χ0) is 25.2. The summed E-state index contributed by atoms with van der Waals surface area (Å²) < 4.78 is 0. The molecule has 7 heteroatoms. The van der Waals surface area contributed by atoms with Crippen LogP contribution in [0.3, 0.4) is 0 Å². The van der Waals surface area contributed by atoms with E-state index in [1.54, 1.807) is 4.90 Å². The maximum absolute atomic E-state index is 13.5. The Morgan fingerprint density at radius 2 is 1.73 bits per heavy atom. The van der Waals surface area contributed by atoms with Gasteiger partial charge in [0.1, 0.15) is 5.70 Å². The molecular formula is C30H22N4O2S. The van der Waals surface area contributed by atoms with Gasteiger partial charge in [0.25, 0.3) is 5.91 Å². The first-order valence-corrected chi connectivity index (χ1v) is 12.8. The molecule has 5 aromatic rings. The molecule has 0 aliphatic carbocycles. The summed E-state index contributed by atoms with van der Waals surface area (Å²) in [5.74, 6) is -0.287. The molecule has 6 nitrogen and oxygen atoms in total. The number of amidine groups is 1. The molecule has 0 saturated heterocycles. The van der Waals surface area contributed by atoms with Gasteiger partial charge in [-0.3, -0.25) is 14.5 Å². The molecule has 1 aromatic heterocycles. The molecule has 1 aliphatic rings. The Morgan fingerprint density at radius 3 is 2.62 bits per heavy atom. The van der Waals surface area contributed by atoms with Gasteiger partial charge in [0.05, 0.1) is 11.4 Å². The van der Waals surface area contributed by atoms with Gasteiger partial charge in [-0.1, -0.05) is 78.5 Å². The summed E-state index contributed by atoms with van der Waals surface area (Å²) in [6.45, 7) is 0. The van der Waals surface area contributed by atoms with E-state index in [1.165, 1.54) is 11.8 Å². The first-order valence-electron chi connectivity index (χ1n) is 11.8. The number of hydrogen-bond acceptors (Lipinski definition) is 4. The summed E-state index contributed by atoms with van der Waals surface area (Å²) in [7, 11) is 0. The number of benzene rings is 4. The second-order valence-electron chi connectivity index (χ2n) is 8.58. The van der Waals surface area contributed by atoms with E-state index in [9.17, 15) is 9.59 Å². The fourth-order valence-corrected chi connectivity index (χ4v) is 5.19. The van der Waals surface area contributed by atoms with Crippen molar-refractivity contribution in [1.82, 2.24) is 4.98 Å². The number of aromatic nitrogens is 1. The van der Waals surface area contributed by atoms with Crippen LogP contribution in [0.2, 0.25) is 0 Å². The number of H-pyrrole nitrogens is 1. The maximum Gasteiger partial charge on any atom is 0.283 e. The van der Waals surface area contributed by atoms with Crippen LogP contribution in [0, 0.1) is 0 Å². The Hall–Kier alpha value is -4.62. The number of nitrogens with one attached hydrogen (secondary N) is 2. The molecule has 0 bridgehead atoms. The number of amides is 2. The van der Waals surface area contributed by atoms with Gasteiger partial charge in [0, 0.05) is 17.4 Å². The number of rotatable bonds is 5. The molecule has 6 rings (SSSR count). The summed E-state index contributed by atoms with van der Waals surface area (Å²) in [6, 6.07) is 31.1. The standard InChI is InChI=1S/C30H22N4O2S/c35-28(32-23-14-13-21-15-16-31-26(21)18-23)19-37-30-33-27(29(36)34(30)24-10-2-1-3-11-24)17-22-9-6-8-20-7-4-5-12-25(20)22/h1-18,31H,19H2,(H,32,35)/b27-17-. The van der Waals surface area contributed by atoms with Gasteiger partial charge in [-0.15, -0.1) is 0 Å². The van der Waals surface area contributed by atoms with Crippen LogP contribution in [0.15, 0.2) is 114 Å². The Balaban J connectivity index is 1.27. The smallest absolute Gasteiger partial charge is 0.283 e. The maximum atomic E-state index is 13.5. The van der Waals surface area contributed by atoms with E-state index < -0.39 is 0 Å². The minimum Gasteiger partial charge on any atom is -0.361 e. The first-order chi connectivity index (χ1) is 18.2. The third-order valence-corrected chi connectivity index (χ3v) is 7.07. The minimum absolute atomic E-state index is 0.111. The number of fused-ring (bicyclic) bond motifs is 2. The number of nitrogens with zero attached hydrogens (tertiary/aromatic N) is 2. The molecule has 0 unspecified atom stereocenters. The van der Waals surface area contributed by atoms with Crippen molar-refractivity contribution < 1.29 is 9.59 Å². The Morgan fingerprint density at radius 1 is 0.919 bits per heavy atom. The third-order valence-electron chi connectivity index (χ3n) is 6.13. The average Bonchev–Trinajstić information content (AvgIpc) is 3.52. The van der Waals surface area contributed by atoms with E-state index in [-0.39, 0.29) is 17.6 Å². The lowest BCUT2D eigenvalue weighted by Gasteiger charge is -2.17. The van der Waals surface area contributed by atoms with Gasteiger partial charge in [-0.25, -0.2) is 4.99 Å². The molecule has 2 amide bonds. The lowest BCUT2D eigenvalue weighted by Crippen LogP contribution is -2.31. The third kappa shape index (κ3) is 4.64. The summed E-state index contributed by atoms with van der Waals surface area (Å²) in [4.78, 5) is 35.7. The van der Waals surface area contributed by atoms with Crippen LogP contribution in [0.5, 0.6) is 0 Å². The van der Waals surface area contributed by atoms with Crippen molar-refractivity contribution in [3.8, 4) is 0 Å². The number of para-hydroxylation sites is 1. The Kier molecular flexibility index (Phi) is 6.04. The number of carbonyl (C=O) groups excluding carboxylic acids is 2. The van der Waals surface area contributed by atoms with E-state index >= 15 is 0 Å². The zero-order valence-electron chi connectivity index (χ0n) is 19.7. The number of thioether (sulfide) groups is 1. The number of carbonyl (C=O) groups is 2. The lowest BCUT2D eigenvalue weighted by molar-refractivity contribution is -0.114. The van der Waals surface area contributed by atoms with Crippen molar-refractivity contribution in [2.24, 2.45) is 4.99 Å². The van der Waals surface area contributed by atoms with Crippen molar-refractivity contribution in [3.05, 3.63) is 115 Å². The van der Waals surface area contributed by atoms with Crippen LogP contribution < -0.4 is 10.2 Å². The van der Waals surface area contributed by atoms with Gasteiger partial charge in [-0.2, -0.15) is 0 Å². The monoisotopic (exact) mass is 502 g/mol. The van der Waals surface area contributed by atoms with Crippen LogP contribution >= 0.6 is 11.8 Å². The van der Waals surface area contributed by atoms with Crippen LogP contribution in [0.4, 0.5) is 11.4 Å². The number of aromatic amines is 1. The van der Waals surface area contributed by atoms with Gasteiger partial charge in [-0.05, 0) is 58.1 Å². The predicted octanol–water partition coefficient (Wildman–Crippen LogP) is 6.44. The normalized spacial score (nSPS) is 14.5. The number of anilines is 2. The molecule has 2 heterocycles. The molecule has 0 saturated carbocycles. The molecule has 2 N–H and O–H groups in total. The molecule has 0 spiro atoms. The molecule has 4 aromatic carbocycles. The highest BCUT2D eigenvalue weighted by atomic mass is 32.2. The van der Waals surface area contributed by atoms with Gasteiger partial charge >= 0.3 is 0 Å². The molecule has 1 aliphatic heterocycles. The predicted molar refractivity (Wildman–Crippen MR) is 153 cm³/mol. The van der Waals surface area contributed by atoms with Crippen molar-refractivity contribution >= 4 is 67.9 Å². The summed E-state index contributed by atoms with van der Waals surface area (Å²) in [6.07, 6.45) is 3.68. The molecule has 0 fully saturated rings. The van der Waals surface area contributed by atoms with E-state index in [0.29, 0.717) is 22.2 Å². The quantitative estimate of drug-likeness (QED) is 0.272. The SMILES string of the molecule is O=C(CSC1=N/C(=C\c2cccc3ccccc23)C(=O)N1c1ccccc1)Nc1ccc2cc[nH]c2c1. The van der Waals surface area contributed by atoms with Crippen LogP contribution in [-0.4, -0.2) is 27.7 Å². The largest absolute Gasteiger partial charge is 0.361 e. The molecule has 0 radical (unpaired) electrons. The van der Waals surface area contributed by atoms with E-state index in [0.717, 1.165) is 27.2 Å². The van der Waals surface area contributed by atoms with E-state index in [2.05, 4.69) is 15.3 Å². The summed E-state index contributed by atoms with van der Waals surface area (Å²) >= 11 is 1.24. The topological polar surface area (TPSA) is 77.6 Å². The second-order valence-corrected chi connectivity index (χ2v) is 9.53. The number of aliphatic imine (C=N–C) groups is 1. The van der Waals surface area contributed by atoms with Crippen molar-refractivity contribution in [3.63, 3.8) is 0 Å². The highest BCUT2D eigenvalue weighted by molar-refractivity contribution is 8.14. The van der Waals surface area contributed by atoms with Crippen molar-refractivity contribution in [2.75, 3.05) is 16.0 Å². The van der Waals surface area contributed by atoms with Gasteiger partial charge in [0.2, 0.25) is 5.91 Å². The highest BCUT2D eigenvalue weighted by Gasteiger charge is 2.32. The zero-order valence-corrected chi connectivity index (χ0v) is 20.5. The lowest BCUT2D eigenvalue weighted by atomic mass is 10.0. The minimum atomic E-state index is -0.223. The van der Waals surface area contributed by atoms with Gasteiger partial charge < -0.3 is 10.3 Å². The highest BCUT2D eigenvalue weighted by Crippen LogP contribution is 2.31. The second kappa shape index (κ2) is 9.79. The van der Waals surface area contributed by atoms with Crippen molar-refractivity contribution in [2.45, 2.75) is 0 Å². The van der Waals surface area contributed by atoms with Crippen LogP contribution in [-0.2, 0) is 9.59 Å². The summed E-state index contributed by atoms with van der Waals surface area (Å²) in [5.41, 5.74) is 3.62. The number of hydrogen-bond donors (Lipinski definition) is 2. The van der Waals surface area contributed by atoms with E-state index in [1.807, 2.05) is 109 Å². The molecule has 180 valence electrons. The first kappa shape index (κ1) is 22.8. The summed E-state index contributed by atoms with van der Waals surface area (Å²) in [5, 5.41) is 6.62. The van der Waals surface area contributed by atoms with Crippen molar-refractivity contribution in [1.29, 1.82) is 0 Å². The average molecular weight is 503 g/mol. The Bertz CT molecular complexity index is 1700. The van der Waals surface area contributed by atoms with Crippen LogP contribution in [0.25, 0.3) is 27.8 Å². The fourth-order valence-electron chi connectivity index (χ4n) is 4.37.